The van der Waals surface area contributed by atoms with E-state index in [0.29, 0.717) is 36.7 Å². The number of pyridine rings is 1. The van der Waals surface area contributed by atoms with E-state index in [9.17, 15) is 4.79 Å². The topological polar surface area (TPSA) is 48.4 Å². The molecule has 0 aliphatic carbocycles. The van der Waals surface area contributed by atoms with E-state index in [2.05, 4.69) is 4.98 Å². The molecule has 1 aromatic carbocycles. The van der Waals surface area contributed by atoms with Crippen LogP contribution in [0.3, 0.4) is 0 Å². The molecule has 3 rings (SSSR count). The summed E-state index contributed by atoms with van der Waals surface area (Å²) in [5, 5.41) is 0. The van der Waals surface area contributed by atoms with Gasteiger partial charge in [0, 0.05) is 17.5 Å². The molecule has 0 bridgehead atoms. The highest BCUT2D eigenvalue weighted by Gasteiger charge is 2.15. The predicted molar refractivity (Wildman–Crippen MR) is 74.4 cm³/mol. The first kappa shape index (κ1) is 12.7. The number of ketones is 1. The number of ether oxygens (including phenoxy) is 2. The number of fused-ring (bicyclic) bond motifs is 1. The highest BCUT2D eigenvalue weighted by molar-refractivity contribution is 5.97. The summed E-state index contributed by atoms with van der Waals surface area (Å²) in [5.41, 5.74) is 2.48. The number of hydrogen-bond acceptors (Lipinski definition) is 4. The Labute approximate surface area is 117 Å². The van der Waals surface area contributed by atoms with Crippen LogP contribution in [0.5, 0.6) is 11.5 Å². The van der Waals surface area contributed by atoms with E-state index in [-0.39, 0.29) is 5.78 Å². The van der Waals surface area contributed by atoms with Crippen LogP contribution in [0.4, 0.5) is 0 Å². The molecule has 0 spiro atoms. The van der Waals surface area contributed by atoms with Gasteiger partial charge in [-0.1, -0.05) is 6.07 Å². The number of nitrogens with zero attached hydrogens (tertiary/aromatic N) is 1. The Bertz CT molecular complexity index is 635. The van der Waals surface area contributed by atoms with Gasteiger partial charge in [-0.15, -0.1) is 0 Å². The van der Waals surface area contributed by atoms with Gasteiger partial charge in [-0.25, -0.2) is 0 Å². The molecule has 4 heteroatoms. The zero-order chi connectivity index (χ0) is 13.9. The van der Waals surface area contributed by atoms with Crippen LogP contribution < -0.4 is 9.47 Å². The standard InChI is InChI=1S/C16H15NO3/c1-11-2-4-13(17-10-11)9-14(18)12-3-5-15-16(8-12)20-7-6-19-15/h2-5,8,10H,6-7,9H2,1H3. The Hall–Kier alpha value is -2.36. The Balaban J connectivity index is 1.78. The van der Waals surface area contributed by atoms with Gasteiger partial charge in [0.1, 0.15) is 13.2 Å². The first-order valence-corrected chi connectivity index (χ1v) is 6.57. The molecule has 2 heterocycles. The van der Waals surface area contributed by atoms with Crippen molar-refractivity contribution in [2.75, 3.05) is 13.2 Å². The van der Waals surface area contributed by atoms with Crippen molar-refractivity contribution < 1.29 is 14.3 Å². The van der Waals surface area contributed by atoms with Gasteiger partial charge in [-0.2, -0.15) is 0 Å². The van der Waals surface area contributed by atoms with Crippen LogP contribution in [-0.2, 0) is 6.42 Å². The lowest BCUT2D eigenvalue weighted by atomic mass is 10.1. The summed E-state index contributed by atoms with van der Waals surface area (Å²) < 4.78 is 10.9. The van der Waals surface area contributed by atoms with Gasteiger partial charge in [0.25, 0.3) is 0 Å². The summed E-state index contributed by atoms with van der Waals surface area (Å²) in [6.45, 7) is 3.04. The molecule has 20 heavy (non-hydrogen) atoms. The van der Waals surface area contributed by atoms with E-state index in [1.54, 1.807) is 24.4 Å². The first-order valence-electron chi connectivity index (χ1n) is 6.57. The first-order chi connectivity index (χ1) is 9.72. The molecule has 0 N–H and O–H groups in total. The third kappa shape index (κ3) is 2.64. The second kappa shape index (κ2) is 5.33. The predicted octanol–water partition coefficient (Wildman–Crippen LogP) is 2.59. The van der Waals surface area contributed by atoms with Crippen molar-refractivity contribution in [1.82, 2.24) is 4.98 Å². The Morgan fingerprint density at radius 3 is 2.70 bits per heavy atom. The summed E-state index contributed by atoms with van der Waals surface area (Å²) in [7, 11) is 0. The quantitative estimate of drug-likeness (QED) is 0.804. The maximum atomic E-state index is 12.2. The van der Waals surface area contributed by atoms with Crippen molar-refractivity contribution in [3.8, 4) is 11.5 Å². The average Bonchev–Trinajstić information content (AvgIpc) is 2.49. The molecule has 0 amide bonds. The zero-order valence-electron chi connectivity index (χ0n) is 11.3. The maximum Gasteiger partial charge on any atom is 0.168 e. The van der Waals surface area contributed by atoms with Gasteiger partial charge in [0.05, 0.1) is 6.42 Å². The third-order valence-electron chi connectivity index (χ3n) is 3.18. The molecule has 0 saturated carbocycles. The molecule has 0 saturated heterocycles. The molecule has 0 fully saturated rings. The molecule has 1 aromatic heterocycles. The summed E-state index contributed by atoms with van der Waals surface area (Å²) in [5.74, 6) is 1.36. The molecule has 1 aliphatic heterocycles. The van der Waals surface area contributed by atoms with Crippen molar-refractivity contribution in [1.29, 1.82) is 0 Å². The van der Waals surface area contributed by atoms with E-state index in [1.165, 1.54) is 0 Å². The van der Waals surface area contributed by atoms with Crippen LogP contribution in [0.15, 0.2) is 36.5 Å². The zero-order valence-corrected chi connectivity index (χ0v) is 11.3. The van der Waals surface area contributed by atoms with E-state index >= 15 is 0 Å². The SMILES string of the molecule is Cc1ccc(CC(=O)c2ccc3c(c2)OCCO3)nc1. The van der Waals surface area contributed by atoms with Gasteiger partial charge in [0.2, 0.25) is 0 Å². The minimum absolute atomic E-state index is 0.0262. The number of carbonyl (C=O) groups excluding carboxylic acids is 1. The normalized spacial score (nSPS) is 13.1. The van der Waals surface area contributed by atoms with E-state index in [0.717, 1.165) is 11.3 Å². The molecule has 102 valence electrons. The summed E-state index contributed by atoms with van der Waals surface area (Å²) in [6, 6.07) is 9.13. The number of aryl methyl sites for hydroxylation is 1. The highest BCUT2D eigenvalue weighted by Crippen LogP contribution is 2.31. The maximum absolute atomic E-state index is 12.2. The van der Waals surface area contributed by atoms with Crippen molar-refractivity contribution >= 4 is 5.78 Å². The van der Waals surface area contributed by atoms with Crippen LogP contribution in [0.2, 0.25) is 0 Å². The molecular weight excluding hydrogens is 254 g/mol. The molecular formula is C16H15NO3. The molecule has 1 aliphatic rings. The third-order valence-corrected chi connectivity index (χ3v) is 3.18. The fraction of sp³-hybridized carbons (Fsp3) is 0.250. The lowest BCUT2D eigenvalue weighted by molar-refractivity contribution is 0.0990. The number of benzene rings is 1. The summed E-state index contributed by atoms with van der Waals surface area (Å²) in [4.78, 5) is 16.5. The Morgan fingerprint density at radius 1 is 1.15 bits per heavy atom. The fourth-order valence-corrected chi connectivity index (χ4v) is 2.09. The van der Waals surface area contributed by atoms with Crippen molar-refractivity contribution in [2.24, 2.45) is 0 Å². The molecule has 4 nitrogen and oxygen atoms in total. The van der Waals surface area contributed by atoms with Crippen LogP contribution in [0, 0.1) is 6.92 Å². The average molecular weight is 269 g/mol. The van der Waals surface area contributed by atoms with E-state index < -0.39 is 0 Å². The van der Waals surface area contributed by atoms with Crippen molar-refractivity contribution in [3.63, 3.8) is 0 Å². The van der Waals surface area contributed by atoms with E-state index in [1.807, 2.05) is 19.1 Å². The van der Waals surface area contributed by atoms with E-state index in [4.69, 9.17) is 9.47 Å². The fourth-order valence-electron chi connectivity index (χ4n) is 2.09. The molecule has 2 aromatic rings. The van der Waals surface area contributed by atoms with Crippen molar-refractivity contribution in [3.05, 3.63) is 53.3 Å². The largest absolute Gasteiger partial charge is 0.486 e. The van der Waals surface area contributed by atoms with Gasteiger partial charge in [-0.3, -0.25) is 9.78 Å². The van der Waals surface area contributed by atoms with Gasteiger partial charge in [-0.05, 0) is 36.8 Å². The van der Waals surface area contributed by atoms with Crippen LogP contribution in [0.1, 0.15) is 21.6 Å². The van der Waals surface area contributed by atoms with Crippen LogP contribution in [0.25, 0.3) is 0 Å². The summed E-state index contributed by atoms with van der Waals surface area (Å²) >= 11 is 0. The number of hydrogen-bond donors (Lipinski definition) is 0. The minimum Gasteiger partial charge on any atom is -0.486 e. The Morgan fingerprint density at radius 2 is 1.95 bits per heavy atom. The smallest absolute Gasteiger partial charge is 0.168 e. The number of aromatic nitrogens is 1. The lowest BCUT2D eigenvalue weighted by Gasteiger charge is -2.18. The number of Topliss-reactive ketones (excluding diaryl/α,β-unsaturated/α-hetero) is 1. The van der Waals surface area contributed by atoms with Crippen molar-refractivity contribution in [2.45, 2.75) is 13.3 Å². The minimum atomic E-state index is 0.0262. The highest BCUT2D eigenvalue weighted by atomic mass is 16.6. The molecule has 0 radical (unpaired) electrons. The molecule has 0 atom stereocenters. The summed E-state index contributed by atoms with van der Waals surface area (Å²) in [6.07, 6.45) is 2.06. The monoisotopic (exact) mass is 269 g/mol. The Kier molecular flexibility index (Phi) is 3.37. The second-order valence-electron chi connectivity index (χ2n) is 4.79. The molecule has 0 unspecified atom stereocenters. The number of carbonyl (C=O) groups is 1. The van der Waals surface area contributed by atoms with Gasteiger partial charge in [0.15, 0.2) is 17.3 Å². The number of rotatable bonds is 3. The van der Waals surface area contributed by atoms with Crippen LogP contribution >= 0.6 is 0 Å². The second-order valence-corrected chi connectivity index (χ2v) is 4.79. The van der Waals surface area contributed by atoms with Gasteiger partial charge < -0.3 is 9.47 Å². The van der Waals surface area contributed by atoms with Gasteiger partial charge >= 0.3 is 0 Å². The van der Waals surface area contributed by atoms with Crippen LogP contribution in [-0.4, -0.2) is 24.0 Å². The lowest BCUT2D eigenvalue weighted by Crippen LogP contribution is -2.16.